The fourth-order valence-corrected chi connectivity index (χ4v) is 4.97. The first-order chi connectivity index (χ1) is 16.3. The molecule has 0 aliphatic heterocycles. The van der Waals surface area contributed by atoms with Gasteiger partial charge in [-0.2, -0.15) is 0 Å². The number of carbonyl (C=O) groups is 3. The summed E-state index contributed by atoms with van der Waals surface area (Å²) in [6, 6.07) is 16.1. The molecule has 0 radical (unpaired) electrons. The van der Waals surface area contributed by atoms with Crippen molar-refractivity contribution in [3.63, 3.8) is 0 Å². The highest BCUT2D eigenvalue weighted by Gasteiger charge is 2.39. The van der Waals surface area contributed by atoms with Crippen LogP contribution in [-0.4, -0.2) is 55.0 Å². The van der Waals surface area contributed by atoms with Crippen LogP contribution in [0.25, 0.3) is 11.1 Å². The van der Waals surface area contributed by atoms with Crippen LogP contribution in [0.4, 0.5) is 4.79 Å². The van der Waals surface area contributed by atoms with Crippen molar-refractivity contribution in [2.75, 3.05) is 20.3 Å². The van der Waals surface area contributed by atoms with Gasteiger partial charge < -0.3 is 25.2 Å². The van der Waals surface area contributed by atoms with Crippen molar-refractivity contribution in [1.82, 2.24) is 10.6 Å². The van der Waals surface area contributed by atoms with E-state index >= 15 is 0 Å². The molecule has 8 nitrogen and oxygen atoms in total. The molecule has 0 heterocycles. The monoisotopic (exact) mass is 466 g/mol. The molecular weight excluding hydrogens is 436 g/mol. The number of carboxylic acid groups (broad SMARTS) is 1. The topological polar surface area (TPSA) is 114 Å². The molecule has 0 saturated heterocycles. The molecule has 0 spiro atoms. The van der Waals surface area contributed by atoms with Crippen molar-refractivity contribution in [3.05, 3.63) is 59.7 Å². The highest BCUT2D eigenvalue weighted by Crippen LogP contribution is 2.44. The maximum atomic E-state index is 12.6. The van der Waals surface area contributed by atoms with E-state index in [4.69, 9.17) is 9.47 Å². The molecule has 1 fully saturated rings. The van der Waals surface area contributed by atoms with Gasteiger partial charge in [-0.05, 0) is 48.4 Å². The zero-order valence-electron chi connectivity index (χ0n) is 19.4. The van der Waals surface area contributed by atoms with E-state index in [0.717, 1.165) is 11.1 Å². The second-order valence-corrected chi connectivity index (χ2v) is 9.24. The van der Waals surface area contributed by atoms with Crippen molar-refractivity contribution in [3.8, 4) is 11.1 Å². The van der Waals surface area contributed by atoms with Crippen molar-refractivity contribution in [2.45, 2.75) is 43.7 Å². The molecule has 2 aromatic rings. The summed E-state index contributed by atoms with van der Waals surface area (Å²) in [5.74, 6) is -1.91. The van der Waals surface area contributed by atoms with Gasteiger partial charge >= 0.3 is 12.1 Å². The quantitative estimate of drug-likeness (QED) is 0.550. The van der Waals surface area contributed by atoms with E-state index in [1.165, 1.54) is 25.2 Å². The molecule has 4 rings (SSSR count). The largest absolute Gasteiger partial charge is 0.479 e. The van der Waals surface area contributed by atoms with Gasteiger partial charge in [-0.25, -0.2) is 9.59 Å². The predicted molar refractivity (Wildman–Crippen MR) is 125 cm³/mol. The Morgan fingerprint density at radius 1 is 1.03 bits per heavy atom. The molecule has 1 unspecified atom stereocenters. The van der Waals surface area contributed by atoms with Crippen LogP contribution >= 0.6 is 0 Å². The highest BCUT2D eigenvalue weighted by atomic mass is 16.5. The zero-order chi connectivity index (χ0) is 24.3. The molecule has 0 bridgehead atoms. The molecule has 8 heteroatoms. The number of hydrogen-bond donors (Lipinski definition) is 3. The summed E-state index contributed by atoms with van der Waals surface area (Å²) in [4.78, 5) is 36.7. The summed E-state index contributed by atoms with van der Waals surface area (Å²) in [5, 5.41) is 14.9. The fourth-order valence-electron chi connectivity index (χ4n) is 4.97. The number of nitrogens with one attached hydrogen (secondary N) is 2. The minimum Gasteiger partial charge on any atom is -0.479 e. The van der Waals surface area contributed by atoms with Crippen LogP contribution in [0.2, 0.25) is 0 Å². The molecular formula is C26H30N2O6. The second kappa shape index (κ2) is 9.85. The van der Waals surface area contributed by atoms with E-state index in [1.54, 1.807) is 0 Å². The molecule has 2 aliphatic carbocycles. The summed E-state index contributed by atoms with van der Waals surface area (Å²) in [7, 11) is 1.39. The normalized spacial score (nSPS) is 20.6. The van der Waals surface area contributed by atoms with E-state index < -0.39 is 17.6 Å². The van der Waals surface area contributed by atoms with Crippen LogP contribution in [0.1, 0.15) is 43.2 Å². The number of fused-ring (bicyclic) bond motifs is 3. The van der Waals surface area contributed by atoms with Gasteiger partial charge in [0.1, 0.15) is 6.61 Å². The van der Waals surface area contributed by atoms with E-state index in [0.29, 0.717) is 19.3 Å². The Kier molecular flexibility index (Phi) is 6.88. The van der Waals surface area contributed by atoms with Crippen molar-refractivity contribution in [2.24, 2.45) is 5.92 Å². The van der Waals surface area contributed by atoms with E-state index in [9.17, 15) is 19.5 Å². The molecule has 2 aliphatic rings. The third-order valence-corrected chi connectivity index (χ3v) is 6.77. The molecule has 3 atom stereocenters. The second-order valence-electron chi connectivity index (χ2n) is 9.24. The van der Waals surface area contributed by atoms with Gasteiger partial charge in [-0.3, -0.25) is 4.79 Å². The summed E-state index contributed by atoms with van der Waals surface area (Å²) < 4.78 is 10.5. The van der Waals surface area contributed by atoms with Crippen LogP contribution in [-0.2, 0) is 19.1 Å². The third kappa shape index (κ3) is 4.77. The van der Waals surface area contributed by atoms with Crippen LogP contribution in [0.5, 0.6) is 0 Å². The van der Waals surface area contributed by atoms with Crippen molar-refractivity contribution in [1.29, 1.82) is 0 Å². The summed E-state index contributed by atoms with van der Waals surface area (Å²) in [6.07, 6.45) is 1.10. The summed E-state index contributed by atoms with van der Waals surface area (Å²) in [5.41, 5.74) is 3.12. The molecule has 34 heavy (non-hydrogen) atoms. The first-order valence-corrected chi connectivity index (χ1v) is 11.5. The fraction of sp³-hybridized carbons (Fsp3) is 0.423. The Morgan fingerprint density at radius 2 is 1.65 bits per heavy atom. The summed E-state index contributed by atoms with van der Waals surface area (Å²) in [6.45, 7) is 1.50. The lowest BCUT2D eigenvalue weighted by Gasteiger charge is -2.27. The average Bonchev–Trinajstić information content (AvgIpc) is 3.40. The number of benzene rings is 2. The lowest BCUT2D eigenvalue weighted by atomic mass is 9.98. The van der Waals surface area contributed by atoms with Gasteiger partial charge in [0.15, 0.2) is 5.54 Å². The number of methoxy groups -OCH3 is 1. The predicted octanol–water partition coefficient (Wildman–Crippen LogP) is 3.30. The number of rotatable bonds is 8. The van der Waals surface area contributed by atoms with Crippen molar-refractivity contribution < 1.29 is 29.0 Å². The van der Waals surface area contributed by atoms with Crippen LogP contribution < -0.4 is 10.6 Å². The number of carboxylic acids is 1. The van der Waals surface area contributed by atoms with Gasteiger partial charge in [0.05, 0.1) is 6.61 Å². The van der Waals surface area contributed by atoms with Gasteiger partial charge in [0.2, 0.25) is 5.91 Å². The first-order valence-electron chi connectivity index (χ1n) is 11.5. The van der Waals surface area contributed by atoms with E-state index in [2.05, 4.69) is 34.9 Å². The lowest BCUT2D eigenvalue weighted by molar-refractivity contribution is -0.149. The maximum Gasteiger partial charge on any atom is 0.407 e. The highest BCUT2D eigenvalue weighted by molar-refractivity contribution is 5.88. The number of aliphatic carboxylic acids is 1. The minimum absolute atomic E-state index is 0.0188. The Bertz CT molecular complexity index is 1040. The third-order valence-electron chi connectivity index (χ3n) is 6.77. The van der Waals surface area contributed by atoms with E-state index in [1.807, 2.05) is 24.3 Å². The van der Waals surface area contributed by atoms with Crippen LogP contribution in [0.3, 0.4) is 0 Å². The van der Waals surface area contributed by atoms with Crippen molar-refractivity contribution >= 4 is 18.0 Å². The zero-order valence-corrected chi connectivity index (χ0v) is 19.4. The molecule has 2 amide bonds. The number of alkyl carbamates (subject to hydrolysis) is 1. The van der Waals surface area contributed by atoms with Crippen LogP contribution in [0, 0.1) is 5.92 Å². The molecule has 180 valence electrons. The number of amides is 2. The Hall–Kier alpha value is -3.39. The average molecular weight is 467 g/mol. The van der Waals surface area contributed by atoms with Gasteiger partial charge in [-0.15, -0.1) is 0 Å². The maximum absolute atomic E-state index is 12.6. The molecule has 2 aromatic carbocycles. The molecule has 1 saturated carbocycles. The van der Waals surface area contributed by atoms with Gasteiger partial charge in [-0.1, -0.05) is 48.5 Å². The smallest absolute Gasteiger partial charge is 0.407 e. The Balaban J connectivity index is 1.30. The molecule has 3 N–H and O–H groups in total. The number of carbonyl (C=O) groups excluding carboxylic acids is 2. The minimum atomic E-state index is -1.50. The Labute approximate surface area is 198 Å². The first kappa shape index (κ1) is 23.8. The summed E-state index contributed by atoms with van der Waals surface area (Å²) >= 11 is 0. The number of ether oxygens (including phenoxy) is 2. The van der Waals surface area contributed by atoms with E-state index in [-0.39, 0.29) is 37.0 Å². The molecule has 0 aromatic heterocycles. The van der Waals surface area contributed by atoms with Gasteiger partial charge in [0.25, 0.3) is 0 Å². The SMILES string of the molecule is COCC(C)(NC(=O)[C@@H]1CC[C@H](NC(=O)OCC2c3ccccc3-c3ccccc32)C1)C(=O)O. The lowest BCUT2D eigenvalue weighted by Crippen LogP contribution is -2.56. The van der Waals surface area contributed by atoms with Crippen LogP contribution in [0.15, 0.2) is 48.5 Å². The number of hydrogen-bond acceptors (Lipinski definition) is 5. The standard InChI is InChI=1S/C26H30N2O6/c1-26(15-33-2,24(30)31)28-23(29)16-11-12-17(13-16)27-25(32)34-14-22-20-9-5-3-7-18(20)19-8-4-6-10-21(19)22/h3-10,16-17,22H,11-15H2,1-2H3,(H,27,32)(H,28,29)(H,30,31)/t16-,17+,26?/m1/s1. The Morgan fingerprint density at radius 3 is 2.24 bits per heavy atom. The van der Waals surface area contributed by atoms with Gasteiger partial charge in [0, 0.05) is 25.0 Å².